The SMILES string of the molecule is COc1ccc2nccc(NC(=O)C3(C(=O)O)CCNCC3)c2n1. The zero-order valence-electron chi connectivity index (χ0n) is 13.2. The zero-order chi connectivity index (χ0) is 17.2. The van der Waals surface area contributed by atoms with E-state index in [0.29, 0.717) is 35.7 Å². The lowest BCUT2D eigenvalue weighted by Gasteiger charge is -2.32. The second-order valence-electron chi connectivity index (χ2n) is 5.67. The van der Waals surface area contributed by atoms with Gasteiger partial charge in [-0.05, 0) is 38.1 Å². The minimum absolute atomic E-state index is 0.244. The second-order valence-corrected chi connectivity index (χ2v) is 5.67. The molecule has 3 heterocycles. The zero-order valence-corrected chi connectivity index (χ0v) is 13.2. The summed E-state index contributed by atoms with van der Waals surface area (Å²) in [6.45, 7) is 0.978. The van der Waals surface area contributed by atoms with Crippen LogP contribution in [-0.2, 0) is 9.59 Å². The Morgan fingerprint density at radius 2 is 2.04 bits per heavy atom. The third-order valence-electron chi connectivity index (χ3n) is 4.32. The van der Waals surface area contributed by atoms with Crippen LogP contribution in [0.1, 0.15) is 12.8 Å². The molecule has 3 rings (SSSR count). The lowest BCUT2D eigenvalue weighted by atomic mass is 9.78. The lowest BCUT2D eigenvalue weighted by molar-refractivity contribution is -0.155. The molecule has 0 spiro atoms. The molecule has 0 bridgehead atoms. The molecule has 1 aliphatic rings. The van der Waals surface area contributed by atoms with Crippen molar-refractivity contribution in [2.75, 3.05) is 25.5 Å². The molecule has 3 N–H and O–H groups in total. The number of piperidine rings is 1. The third kappa shape index (κ3) is 2.76. The van der Waals surface area contributed by atoms with Crippen molar-refractivity contribution in [2.45, 2.75) is 12.8 Å². The van der Waals surface area contributed by atoms with E-state index < -0.39 is 17.3 Å². The highest BCUT2D eigenvalue weighted by molar-refractivity contribution is 6.10. The Bertz CT molecular complexity index is 787. The van der Waals surface area contributed by atoms with Crippen molar-refractivity contribution in [3.05, 3.63) is 24.4 Å². The number of carboxylic acids is 1. The van der Waals surface area contributed by atoms with Gasteiger partial charge in [0, 0.05) is 12.3 Å². The van der Waals surface area contributed by atoms with Gasteiger partial charge in [0.1, 0.15) is 10.9 Å². The molecule has 8 nitrogen and oxygen atoms in total. The summed E-state index contributed by atoms with van der Waals surface area (Å²) < 4.78 is 5.10. The summed E-state index contributed by atoms with van der Waals surface area (Å²) >= 11 is 0. The van der Waals surface area contributed by atoms with Gasteiger partial charge >= 0.3 is 5.97 Å². The average Bonchev–Trinajstić information content (AvgIpc) is 2.62. The van der Waals surface area contributed by atoms with Gasteiger partial charge in [-0.2, -0.15) is 0 Å². The normalized spacial score (nSPS) is 16.5. The average molecular weight is 330 g/mol. The van der Waals surface area contributed by atoms with Gasteiger partial charge in [0.25, 0.3) is 0 Å². The summed E-state index contributed by atoms with van der Waals surface area (Å²) in [5, 5.41) is 15.4. The van der Waals surface area contributed by atoms with Crippen LogP contribution < -0.4 is 15.4 Å². The molecule has 0 saturated carbocycles. The minimum atomic E-state index is -1.43. The smallest absolute Gasteiger partial charge is 0.319 e. The van der Waals surface area contributed by atoms with Gasteiger partial charge in [-0.1, -0.05) is 0 Å². The van der Waals surface area contributed by atoms with Crippen LogP contribution in [0.15, 0.2) is 24.4 Å². The largest absolute Gasteiger partial charge is 0.481 e. The van der Waals surface area contributed by atoms with Crippen LogP contribution in [-0.4, -0.2) is 47.2 Å². The molecule has 2 aromatic heterocycles. The standard InChI is InChI=1S/C16H18N4O4/c1-24-12-3-2-10-13(20-12)11(4-7-18-10)19-14(21)16(15(22)23)5-8-17-9-6-16/h2-4,7,17H,5-6,8-9H2,1H3,(H,22,23)(H,18,19,21). The van der Waals surface area contributed by atoms with Crippen LogP contribution in [0.3, 0.4) is 0 Å². The van der Waals surface area contributed by atoms with E-state index in [1.165, 1.54) is 7.11 Å². The Morgan fingerprint density at radius 3 is 2.71 bits per heavy atom. The number of aliphatic carboxylic acids is 1. The number of amides is 1. The van der Waals surface area contributed by atoms with E-state index in [1.807, 2.05) is 0 Å². The van der Waals surface area contributed by atoms with Crippen molar-refractivity contribution in [1.82, 2.24) is 15.3 Å². The highest BCUT2D eigenvalue weighted by Crippen LogP contribution is 2.32. The predicted molar refractivity (Wildman–Crippen MR) is 86.9 cm³/mol. The topological polar surface area (TPSA) is 113 Å². The molecule has 0 unspecified atom stereocenters. The number of methoxy groups -OCH3 is 1. The van der Waals surface area contributed by atoms with E-state index in [4.69, 9.17) is 4.74 Å². The molecular formula is C16H18N4O4. The number of nitrogens with one attached hydrogen (secondary N) is 2. The monoisotopic (exact) mass is 330 g/mol. The van der Waals surface area contributed by atoms with Gasteiger partial charge in [-0.3, -0.25) is 14.6 Å². The van der Waals surface area contributed by atoms with Gasteiger partial charge in [0.2, 0.25) is 11.8 Å². The van der Waals surface area contributed by atoms with E-state index in [-0.39, 0.29) is 12.8 Å². The summed E-state index contributed by atoms with van der Waals surface area (Å²) in [4.78, 5) is 33.0. The van der Waals surface area contributed by atoms with Gasteiger partial charge in [0.05, 0.1) is 18.3 Å². The maximum absolute atomic E-state index is 12.7. The molecule has 0 atom stereocenters. The molecule has 2 aromatic rings. The Labute approximate surface area is 138 Å². The molecule has 0 aromatic carbocycles. The molecule has 126 valence electrons. The highest BCUT2D eigenvalue weighted by Gasteiger charge is 2.47. The van der Waals surface area contributed by atoms with Gasteiger partial charge in [0.15, 0.2) is 0 Å². The van der Waals surface area contributed by atoms with Crippen LogP contribution in [0.25, 0.3) is 11.0 Å². The van der Waals surface area contributed by atoms with Gasteiger partial charge in [-0.15, -0.1) is 0 Å². The Hall–Kier alpha value is -2.74. The number of aromatic nitrogens is 2. The van der Waals surface area contributed by atoms with Gasteiger partial charge in [-0.25, -0.2) is 4.98 Å². The predicted octanol–water partition coefficient (Wildman–Crippen LogP) is 1.03. The Kier molecular flexibility index (Phi) is 4.30. The molecule has 0 aliphatic carbocycles. The van der Waals surface area contributed by atoms with E-state index in [2.05, 4.69) is 20.6 Å². The number of fused-ring (bicyclic) bond motifs is 1. The number of hydrogen-bond acceptors (Lipinski definition) is 6. The number of carbonyl (C=O) groups excluding carboxylic acids is 1. The highest BCUT2D eigenvalue weighted by atomic mass is 16.5. The molecule has 1 saturated heterocycles. The lowest BCUT2D eigenvalue weighted by Crippen LogP contribution is -2.50. The Balaban J connectivity index is 1.96. The van der Waals surface area contributed by atoms with E-state index >= 15 is 0 Å². The fraction of sp³-hybridized carbons (Fsp3) is 0.375. The number of pyridine rings is 2. The summed E-state index contributed by atoms with van der Waals surface area (Å²) in [5.74, 6) is -1.25. The maximum Gasteiger partial charge on any atom is 0.319 e. The van der Waals surface area contributed by atoms with Crippen molar-refractivity contribution >= 4 is 28.6 Å². The van der Waals surface area contributed by atoms with Crippen LogP contribution in [0.4, 0.5) is 5.69 Å². The molecule has 1 fully saturated rings. The van der Waals surface area contributed by atoms with Crippen molar-refractivity contribution in [1.29, 1.82) is 0 Å². The molecule has 8 heteroatoms. The molecule has 1 aliphatic heterocycles. The van der Waals surface area contributed by atoms with Crippen LogP contribution in [0.5, 0.6) is 5.88 Å². The second kappa shape index (κ2) is 6.40. The first kappa shape index (κ1) is 16.1. The molecule has 1 amide bonds. The van der Waals surface area contributed by atoms with E-state index in [0.717, 1.165) is 0 Å². The Morgan fingerprint density at radius 1 is 1.29 bits per heavy atom. The van der Waals surface area contributed by atoms with E-state index in [1.54, 1.807) is 24.4 Å². The first-order valence-corrected chi connectivity index (χ1v) is 7.62. The van der Waals surface area contributed by atoms with Crippen LogP contribution >= 0.6 is 0 Å². The molecule has 0 radical (unpaired) electrons. The van der Waals surface area contributed by atoms with Crippen molar-refractivity contribution < 1.29 is 19.4 Å². The fourth-order valence-corrected chi connectivity index (χ4v) is 2.86. The first-order valence-electron chi connectivity index (χ1n) is 7.62. The van der Waals surface area contributed by atoms with Crippen molar-refractivity contribution in [2.24, 2.45) is 5.41 Å². The number of rotatable bonds is 4. The number of carboxylic acid groups (broad SMARTS) is 1. The minimum Gasteiger partial charge on any atom is -0.481 e. The van der Waals surface area contributed by atoms with Crippen molar-refractivity contribution in [3.8, 4) is 5.88 Å². The van der Waals surface area contributed by atoms with Crippen LogP contribution in [0.2, 0.25) is 0 Å². The number of anilines is 1. The quantitative estimate of drug-likeness (QED) is 0.718. The number of carbonyl (C=O) groups is 2. The number of ether oxygens (including phenoxy) is 1. The molecular weight excluding hydrogens is 312 g/mol. The maximum atomic E-state index is 12.7. The summed E-state index contributed by atoms with van der Waals surface area (Å²) in [6.07, 6.45) is 2.03. The third-order valence-corrected chi connectivity index (χ3v) is 4.32. The summed E-state index contributed by atoms with van der Waals surface area (Å²) in [7, 11) is 1.50. The number of hydrogen-bond donors (Lipinski definition) is 3. The van der Waals surface area contributed by atoms with Crippen molar-refractivity contribution in [3.63, 3.8) is 0 Å². The van der Waals surface area contributed by atoms with Crippen LogP contribution in [0, 0.1) is 5.41 Å². The first-order chi connectivity index (χ1) is 11.6. The van der Waals surface area contributed by atoms with E-state index in [9.17, 15) is 14.7 Å². The number of nitrogens with zero attached hydrogens (tertiary/aromatic N) is 2. The molecule has 24 heavy (non-hydrogen) atoms. The summed E-state index contributed by atoms with van der Waals surface area (Å²) in [6, 6.07) is 5.00. The van der Waals surface area contributed by atoms with Gasteiger partial charge < -0.3 is 20.5 Å². The summed E-state index contributed by atoms with van der Waals surface area (Å²) in [5.41, 5.74) is 0.0331. The fourth-order valence-electron chi connectivity index (χ4n) is 2.86.